The van der Waals surface area contributed by atoms with E-state index in [1.165, 1.54) is 6.08 Å². The van der Waals surface area contributed by atoms with E-state index in [9.17, 15) is 19.3 Å². The number of hydrogen-bond donors (Lipinski definition) is 3. The number of alkyl halides is 2. The summed E-state index contributed by atoms with van der Waals surface area (Å²) in [6, 6.07) is 0. The fraction of sp³-hybridized carbons (Fsp3) is 0.727. The first-order valence-corrected chi connectivity index (χ1v) is 13.2. The number of carbonyl (C=O) groups is 2. The minimum Gasteiger partial charge on any atom is -0.381 e. The number of rotatable bonds is 4. The summed E-state index contributed by atoms with van der Waals surface area (Å²) in [5.41, 5.74) is -2.47. The van der Waals surface area contributed by atoms with Gasteiger partial charge in [0.1, 0.15) is 12.2 Å². The monoisotopic (exact) mass is 506 g/mol. The third-order valence-corrected chi connectivity index (χ3v) is 11.0. The van der Waals surface area contributed by atoms with Crippen molar-refractivity contribution in [1.29, 1.82) is 0 Å². The van der Waals surface area contributed by atoms with Gasteiger partial charge in [0.05, 0.1) is 10.3 Å². The Morgan fingerprint density at radius 3 is 2.59 bits per heavy atom. The first-order chi connectivity index (χ1) is 14.6. The minimum absolute atomic E-state index is 0.0671. The maximum absolute atomic E-state index is 13.1. The third kappa shape index (κ3) is 3.12. The molecular weight excluding hydrogens is 478 g/mol. The second-order valence-electron chi connectivity index (χ2n) is 10.3. The Morgan fingerprint density at radius 1 is 1.31 bits per heavy atom. The van der Waals surface area contributed by atoms with Gasteiger partial charge in [-0.3, -0.25) is 14.1 Å². The predicted octanol–water partition coefficient (Wildman–Crippen LogP) is 3.53. The average molecular weight is 507 g/mol. The van der Waals surface area contributed by atoms with Crippen molar-refractivity contribution in [3.63, 3.8) is 0 Å². The molecule has 0 heterocycles. The minimum atomic E-state index is -4.87. The molecule has 178 valence electrons. The molecule has 8 atom stereocenters. The Kier molecular flexibility index (Phi) is 5.75. The van der Waals surface area contributed by atoms with E-state index in [2.05, 4.69) is 4.52 Å². The lowest BCUT2D eigenvalue weighted by Gasteiger charge is -2.63. The number of Topliss-reactive ketones (excluding diaryl/α,β-unsaturated/α-hetero) is 1. The number of carbonyl (C=O) groups excluding carboxylic acids is 2. The van der Waals surface area contributed by atoms with Crippen LogP contribution in [0.15, 0.2) is 23.8 Å². The molecule has 0 saturated heterocycles. The topological polar surface area (TPSA) is 121 Å². The molecule has 10 heteroatoms. The van der Waals surface area contributed by atoms with Gasteiger partial charge in [0, 0.05) is 10.8 Å². The summed E-state index contributed by atoms with van der Waals surface area (Å²) in [7, 11) is -4.87. The fourth-order valence-electron chi connectivity index (χ4n) is 7.33. The van der Waals surface area contributed by atoms with E-state index in [-0.39, 0.29) is 24.0 Å². The van der Waals surface area contributed by atoms with E-state index in [1.54, 1.807) is 13.0 Å². The molecule has 3 fully saturated rings. The first kappa shape index (κ1) is 24.6. The van der Waals surface area contributed by atoms with Gasteiger partial charge in [-0.1, -0.05) is 32.4 Å². The van der Waals surface area contributed by atoms with E-state index in [1.807, 2.05) is 19.9 Å². The van der Waals surface area contributed by atoms with E-state index in [0.717, 1.165) is 5.57 Å². The van der Waals surface area contributed by atoms with Crippen LogP contribution in [0.1, 0.15) is 46.5 Å². The highest BCUT2D eigenvalue weighted by Gasteiger charge is 2.74. The van der Waals surface area contributed by atoms with Crippen LogP contribution in [0.25, 0.3) is 0 Å². The number of ketones is 2. The highest BCUT2D eigenvalue weighted by molar-refractivity contribution is 7.46. The Labute approximate surface area is 197 Å². The molecule has 0 aromatic rings. The van der Waals surface area contributed by atoms with E-state index >= 15 is 0 Å². The number of phosphoric acid groups is 1. The molecule has 0 spiro atoms. The lowest BCUT2D eigenvalue weighted by molar-refractivity contribution is -0.167. The van der Waals surface area contributed by atoms with E-state index < -0.39 is 52.8 Å². The first-order valence-electron chi connectivity index (χ1n) is 10.8. The van der Waals surface area contributed by atoms with Crippen LogP contribution in [0.3, 0.4) is 0 Å². The van der Waals surface area contributed by atoms with E-state index in [0.29, 0.717) is 19.3 Å². The standard InChI is InChI=1S/C22H29Cl2O7P/c1-12-8-16-15-5-4-13-9-14(25)6-7-19(13,2)21(15,24)17(23)10-20(16,3)22(12,27)18(26)11-31-32(28,29)30/h6-7,9,12,15-17,27H,4-5,8,10-11H2,1-3H3,(H2,28,29,30)/t12-,15-,16+,17+,19+,20+,21-,22+/m0/s1. The van der Waals surface area contributed by atoms with Gasteiger partial charge in [-0.2, -0.15) is 0 Å². The van der Waals surface area contributed by atoms with Gasteiger partial charge in [0.25, 0.3) is 0 Å². The Hall–Kier alpha value is -0.530. The predicted molar refractivity (Wildman–Crippen MR) is 119 cm³/mol. The zero-order chi connectivity index (χ0) is 23.9. The highest BCUT2D eigenvalue weighted by Crippen LogP contribution is 2.72. The molecule has 0 amide bonds. The maximum Gasteiger partial charge on any atom is 0.470 e. The normalized spacial score (nSPS) is 48.0. The number of halogens is 2. The molecule has 4 rings (SSSR count). The third-order valence-electron chi connectivity index (χ3n) is 8.97. The Balaban J connectivity index is 1.74. The van der Waals surface area contributed by atoms with Crippen LogP contribution in [0.4, 0.5) is 0 Å². The number of aliphatic hydroxyl groups is 1. The number of fused-ring (bicyclic) bond motifs is 5. The van der Waals surface area contributed by atoms with Crippen LogP contribution in [0.2, 0.25) is 0 Å². The smallest absolute Gasteiger partial charge is 0.381 e. The van der Waals surface area contributed by atoms with Crippen molar-refractivity contribution >= 4 is 42.6 Å². The van der Waals surface area contributed by atoms with Gasteiger partial charge in [0.15, 0.2) is 11.6 Å². The zero-order valence-corrected chi connectivity index (χ0v) is 20.7. The van der Waals surface area contributed by atoms with Crippen molar-refractivity contribution in [2.75, 3.05) is 6.61 Å². The van der Waals surface area contributed by atoms with Crippen LogP contribution in [0, 0.1) is 28.6 Å². The summed E-state index contributed by atoms with van der Waals surface area (Å²) in [6.45, 7) is 4.72. The van der Waals surface area contributed by atoms with Crippen LogP contribution in [0.5, 0.6) is 0 Å². The van der Waals surface area contributed by atoms with Gasteiger partial charge in [-0.05, 0) is 55.6 Å². The van der Waals surface area contributed by atoms with Gasteiger partial charge in [0.2, 0.25) is 0 Å². The number of phosphoric ester groups is 1. The van der Waals surface area contributed by atoms with Crippen LogP contribution in [-0.2, 0) is 18.7 Å². The van der Waals surface area contributed by atoms with Crippen LogP contribution in [-0.4, -0.2) is 48.9 Å². The summed E-state index contributed by atoms with van der Waals surface area (Å²) in [6.07, 6.45) is 7.14. The number of hydrogen-bond acceptors (Lipinski definition) is 5. The van der Waals surface area contributed by atoms with Crippen LogP contribution >= 0.6 is 31.0 Å². The second kappa shape index (κ2) is 7.48. The van der Waals surface area contributed by atoms with Crippen molar-refractivity contribution in [1.82, 2.24) is 0 Å². The quantitative estimate of drug-likeness (QED) is 0.393. The zero-order valence-electron chi connectivity index (χ0n) is 18.3. The largest absolute Gasteiger partial charge is 0.470 e. The molecule has 0 aliphatic heterocycles. The maximum atomic E-state index is 13.1. The molecule has 32 heavy (non-hydrogen) atoms. The molecule has 0 unspecified atom stereocenters. The van der Waals surface area contributed by atoms with Crippen molar-refractivity contribution in [2.45, 2.75) is 62.3 Å². The summed E-state index contributed by atoms with van der Waals surface area (Å²) in [5, 5.41) is 11.1. The molecule has 4 aliphatic carbocycles. The van der Waals surface area contributed by atoms with Crippen LogP contribution < -0.4 is 0 Å². The van der Waals surface area contributed by atoms with Gasteiger partial charge in [-0.25, -0.2) is 4.57 Å². The summed E-state index contributed by atoms with van der Waals surface area (Å²) in [4.78, 5) is 42.2. The lowest BCUT2D eigenvalue weighted by Crippen LogP contribution is -2.67. The average Bonchev–Trinajstić information content (AvgIpc) is 2.89. The SMILES string of the molecule is C[C@H]1C[C@@H]2[C@@H]3CCC4=CC(=O)C=C[C@@]4(C)[C@@]3(Cl)[C@H](Cl)C[C@@]2(C)[C@]1(O)C(=O)COP(=O)(O)O. The molecule has 7 nitrogen and oxygen atoms in total. The fourth-order valence-corrected chi connectivity index (χ4v) is 8.85. The van der Waals surface area contributed by atoms with Crippen molar-refractivity contribution < 1.29 is 33.6 Å². The molecule has 0 radical (unpaired) electrons. The van der Waals surface area contributed by atoms with E-state index in [4.69, 9.17) is 33.0 Å². The van der Waals surface area contributed by atoms with Crippen molar-refractivity contribution in [3.8, 4) is 0 Å². The molecule has 3 N–H and O–H groups in total. The molecular formula is C22H29Cl2O7P. The van der Waals surface area contributed by atoms with Gasteiger partial charge in [-0.15, -0.1) is 23.2 Å². The van der Waals surface area contributed by atoms with Crippen molar-refractivity contribution in [2.24, 2.45) is 28.6 Å². The van der Waals surface area contributed by atoms with Gasteiger partial charge >= 0.3 is 7.82 Å². The highest BCUT2D eigenvalue weighted by atomic mass is 35.5. The molecule has 0 bridgehead atoms. The number of allylic oxidation sites excluding steroid dienone is 4. The second-order valence-corrected chi connectivity index (χ2v) is 12.7. The molecule has 4 aliphatic rings. The Morgan fingerprint density at radius 2 is 1.97 bits per heavy atom. The summed E-state index contributed by atoms with van der Waals surface area (Å²) in [5.74, 6) is -1.56. The molecule has 3 saturated carbocycles. The summed E-state index contributed by atoms with van der Waals surface area (Å²) < 4.78 is 15.6. The lowest BCUT2D eigenvalue weighted by atomic mass is 9.46. The summed E-state index contributed by atoms with van der Waals surface area (Å²) >= 11 is 14.4. The molecule has 0 aromatic heterocycles. The van der Waals surface area contributed by atoms with Gasteiger partial charge < -0.3 is 14.9 Å². The van der Waals surface area contributed by atoms with Crippen molar-refractivity contribution in [3.05, 3.63) is 23.8 Å². The molecule has 0 aromatic carbocycles. The Bertz CT molecular complexity index is 975.